The van der Waals surface area contributed by atoms with Gasteiger partial charge >= 0.3 is 0 Å². The lowest BCUT2D eigenvalue weighted by molar-refractivity contribution is 0.0997. The van der Waals surface area contributed by atoms with E-state index in [2.05, 4.69) is 34.6 Å². The van der Waals surface area contributed by atoms with Gasteiger partial charge in [0.25, 0.3) is 5.91 Å². The van der Waals surface area contributed by atoms with Gasteiger partial charge in [-0.05, 0) is 73.0 Å². The minimum absolute atomic E-state index is 0.101. The number of carbonyl (C=O) groups excluding carboxylic acids is 1. The number of rotatable bonds is 7. The number of nitrogens with zero attached hydrogens (tertiary/aromatic N) is 3. The number of nitrogens with one attached hydrogen (secondary N) is 1. The van der Waals surface area contributed by atoms with Gasteiger partial charge in [0.1, 0.15) is 16.8 Å². The lowest BCUT2D eigenvalue weighted by atomic mass is 10.1. The summed E-state index contributed by atoms with van der Waals surface area (Å²) in [7, 11) is 0. The highest BCUT2D eigenvalue weighted by molar-refractivity contribution is 6.35. The summed E-state index contributed by atoms with van der Waals surface area (Å²) in [6.07, 6.45) is 3.36. The molecule has 6 nitrogen and oxygen atoms in total. The van der Waals surface area contributed by atoms with Gasteiger partial charge in [0.15, 0.2) is 5.76 Å². The Labute approximate surface area is 222 Å². The van der Waals surface area contributed by atoms with Crippen LogP contribution in [0.1, 0.15) is 35.9 Å². The monoisotopic (exact) mass is 538 g/mol. The average Bonchev–Trinajstić information content (AvgIpc) is 3.52. The SMILES string of the molecule is CCCCc1ccc(-n2nc3cc(Cl)c(NC(=O)c4ccc(-c5cc(Cl)ccc5Cl)o4)cc3n2)cc1. The van der Waals surface area contributed by atoms with Crippen LogP contribution in [0.5, 0.6) is 0 Å². The highest BCUT2D eigenvalue weighted by Crippen LogP contribution is 2.33. The number of furan rings is 1. The van der Waals surface area contributed by atoms with Crippen molar-refractivity contribution in [2.24, 2.45) is 0 Å². The molecule has 0 saturated heterocycles. The van der Waals surface area contributed by atoms with E-state index in [-0.39, 0.29) is 5.76 Å². The van der Waals surface area contributed by atoms with E-state index < -0.39 is 5.91 Å². The summed E-state index contributed by atoms with van der Waals surface area (Å²) in [4.78, 5) is 14.4. The molecule has 0 saturated carbocycles. The van der Waals surface area contributed by atoms with E-state index in [9.17, 15) is 4.79 Å². The molecule has 0 aliphatic carbocycles. The zero-order valence-corrected chi connectivity index (χ0v) is 21.5. The quantitative estimate of drug-likeness (QED) is 0.226. The second-order valence-electron chi connectivity index (χ2n) is 8.32. The number of aromatic nitrogens is 3. The lowest BCUT2D eigenvalue weighted by Crippen LogP contribution is -2.11. The van der Waals surface area contributed by atoms with Gasteiger partial charge in [-0.3, -0.25) is 4.79 Å². The fraction of sp³-hybridized carbons (Fsp3) is 0.148. The fourth-order valence-electron chi connectivity index (χ4n) is 3.80. The van der Waals surface area contributed by atoms with Crippen LogP contribution in [0.25, 0.3) is 28.0 Å². The molecule has 0 spiro atoms. The van der Waals surface area contributed by atoms with Crippen molar-refractivity contribution in [1.29, 1.82) is 0 Å². The summed E-state index contributed by atoms with van der Waals surface area (Å²) < 4.78 is 5.73. The zero-order valence-electron chi connectivity index (χ0n) is 19.3. The predicted octanol–water partition coefficient (Wildman–Crippen LogP) is 8.24. The van der Waals surface area contributed by atoms with Crippen LogP contribution in [0.2, 0.25) is 15.1 Å². The van der Waals surface area contributed by atoms with Gasteiger partial charge in [-0.25, -0.2) is 0 Å². The van der Waals surface area contributed by atoms with Gasteiger partial charge in [-0.1, -0.05) is 60.3 Å². The van der Waals surface area contributed by atoms with Crippen LogP contribution in [0.4, 0.5) is 5.69 Å². The molecular weight excluding hydrogens is 519 g/mol. The van der Waals surface area contributed by atoms with Crippen molar-refractivity contribution in [1.82, 2.24) is 15.0 Å². The number of benzene rings is 3. The Balaban J connectivity index is 1.36. The third kappa shape index (κ3) is 5.12. The minimum Gasteiger partial charge on any atom is -0.451 e. The fourth-order valence-corrected chi connectivity index (χ4v) is 4.39. The van der Waals surface area contributed by atoms with E-state index in [1.54, 1.807) is 47.3 Å². The minimum atomic E-state index is -0.462. The summed E-state index contributed by atoms with van der Waals surface area (Å²) in [5, 5.41) is 13.2. The maximum Gasteiger partial charge on any atom is 0.291 e. The summed E-state index contributed by atoms with van der Waals surface area (Å²) >= 11 is 18.8. The molecule has 5 rings (SSSR count). The Morgan fingerprint density at radius 2 is 1.67 bits per heavy atom. The average molecular weight is 540 g/mol. The molecule has 0 aliphatic rings. The summed E-state index contributed by atoms with van der Waals surface area (Å²) in [5.41, 5.74) is 4.33. The van der Waals surface area contributed by atoms with E-state index in [1.807, 2.05) is 12.1 Å². The van der Waals surface area contributed by atoms with Gasteiger partial charge in [-0.2, -0.15) is 4.80 Å². The van der Waals surface area contributed by atoms with Crippen LogP contribution in [-0.4, -0.2) is 20.9 Å². The summed E-state index contributed by atoms with van der Waals surface area (Å²) in [6, 6.07) is 19.8. The Bertz CT molecular complexity index is 1560. The number of carbonyl (C=O) groups is 1. The van der Waals surface area contributed by atoms with E-state index in [1.165, 1.54) is 5.56 Å². The topological polar surface area (TPSA) is 73.0 Å². The molecule has 1 amide bonds. The van der Waals surface area contributed by atoms with Crippen LogP contribution in [0.3, 0.4) is 0 Å². The van der Waals surface area contributed by atoms with E-state index in [0.29, 0.717) is 43.1 Å². The smallest absolute Gasteiger partial charge is 0.291 e. The van der Waals surface area contributed by atoms with E-state index in [4.69, 9.17) is 39.2 Å². The highest BCUT2D eigenvalue weighted by atomic mass is 35.5. The van der Waals surface area contributed by atoms with Crippen molar-refractivity contribution in [3.05, 3.63) is 93.1 Å². The van der Waals surface area contributed by atoms with E-state index in [0.717, 1.165) is 24.9 Å². The number of fused-ring (bicyclic) bond motifs is 1. The number of anilines is 1. The molecule has 1 N–H and O–H groups in total. The van der Waals surface area contributed by atoms with Crippen molar-refractivity contribution in [3.8, 4) is 17.0 Å². The Hall–Kier alpha value is -3.32. The predicted molar refractivity (Wildman–Crippen MR) is 145 cm³/mol. The molecule has 2 aromatic heterocycles. The molecular formula is C27H21Cl3N4O2. The molecule has 0 unspecified atom stereocenters. The Morgan fingerprint density at radius 1 is 0.917 bits per heavy atom. The first kappa shape index (κ1) is 24.4. The highest BCUT2D eigenvalue weighted by Gasteiger charge is 2.17. The van der Waals surface area contributed by atoms with Crippen molar-refractivity contribution in [2.75, 3.05) is 5.32 Å². The maximum atomic E-state index is 12.9. The normalized spacial score (nSPS) is 11.2. The third-order valence-corrected chi connectivity index (χ3v) is 6.60. The van der Waals surface area contributed by atoms with Crippen LogP contribution < -0.4 is 5.32 Å². The molecule has 0 radical (unpaired) electrons. The first-order valence-corrected chi connectivity index (χ1v) is 12.6. The third-order valence-electron chi connectivity index (χ3n) is 5.73. The van der Waals surface area contributed by atoms with E-state index >= 15 is 0 Å². The molecule has 36 heavy (non-hydrogen) atoms. The Kier molecular flexibility index (Phi) is 7.01. The first-order chi connectivity index (χ1) is 17.4. The molecule has 0 atom stereocenters. The van der Waals surface area contributed by atoms with Crippen molar-refractivity contribution in [2.45, 2.75) is 26.2 Å². The van der Waals surface area contributed by atoms with Gasteiger partial charge < -0.3 is 9.73 Å². The van der Waals surface area contributed by atoms with Gasteiger partial charge in [0.2, 0.25) is 0 Å². The largest absolute Gasteiger partial charge is 0.451 e. The molecule has 0 bridgehead atoms. The van der Waals surface area contributed by atoms with Crippen molar-refractivity contribution < 1.29 is 9.21 Å². The van der Waals surface area contributed by atoms with Gasteiger partial charge in [-0.15, -0.1) is 10.2 Å². The molecule has 2 heterocycles. The van der Waals surface area contributed by atoms with Crippen molar-refractivity contribution >= 4 is 57.4 Å². The summed E-state index contributed by atoms with van der Waals surface area (Å²) in [6.45, 7) is 2.18. The zero-order chi connectivity index (χ0) is 25.2. The molecule has 0 fully saturated rings. The maximum absolute atomic E-state index is 12.9. The number of unbranched alkanes of at least 4 members (excludes halogenated alkanes) is 1. The lowest BCUT2D eigenvalue weighted by Gasteiger charge is -2.05. The van der Waals surface area contributed by atoms with Crippen LogP contribution >= 0.6 is 34.8 Å². The second kappa shape index (κ2) is 10.3. The molecule has 182 valence electrons. The van der Waals surface area contributed by atoms with Gasteiger partial charge in [0, 0.05) is 10.6 Å². The number of amides is 1. The molecule has 5 aromatic rings. The molecule has 3 aromatic carbocycles. The molecule has 9 heteroatoms. The Morgan fingerprint density at radius 3 is 2.42 bits per heavy atom. The van der Waals surface area contributed by atoms with Crippen LogP contribution in [0, 0.1) is 0 Å². The van der Waals surface area contributed by atoms with Crippen molar-refractivity contribution in [3.63, 3.8) is 0 Å². The standard InChI is InChI=1S/C27H21Cl3N4O2/c1-2-3-4-16-5-8-18(9-6-16)34-32-23-14-21(30)22(15-24(23)33-34)31-27(35)26-12-11-25(36-26)19-13-17(28)7-10-20(19)29/h5-15H,2-4H2,1H3,(H,31,35). The first-order valence-electron chi connectivity index (χ1n) is 11.4. The second-order valence-corrected chi connectivity index (χ2v) is 9.57. The van der Waals surface area contributed by atoms with Crippen LogP contribution in [0.15, 0.2) is 71.1 Å². The number of hydrogen-bond donors (Lipinski definition) is 1. The summed E-state index contributed by atoms with van der Waals surface area (Å²) in [5.74, 6) is 0.0672. The van der Waals surface area contributed by atoms with Crippen LogP contribution in [-0.2, 0) is 6.42 Å². The number of halogens is 3. The van der Waals surface area contributed by atoms with Gasteiger partial charge in [0.05, 0.1) is 21.4 Å². The number of aryl methyl sites for hydroxylation is 1. The number of hydrogen-bond acceptors (Lipinski definition) is 4. The molecule has 0 aliphatic heterocycles.